The van der Waals surface area contributed by atoms with Crippen molar-refractivity contribution in [3.63, 3.8) is 0 Å². The van der Waals surface area contributed by atoms with Crippen LogP contribution < -0.4 is 10.2 Å². The number of nitrogens with zero attached hydrogens (tertiary/aromatic N) is 1. The molecule has 0 heterocycles. The molecule has 2 aromatic carbocycles. The van der Waals surface area contributed by atoms with Crippen LogP contribution in [0.5, 0.6) is 0 Å². The number of rotatable bonds is 5. The number of hydrogen-bond acceptors (Lipinski definition) is 4. The van der Waals surface area contributed by atoms with Gasteiger partial charge in [-0.05, 0) is 42.5 Å². The number of amides is 1. The molecule has 2 rings (SSSR count). The van der Waals surface area contributed by atoms with Gasteiger partial charge in [0.2, 0.25) is 0 Å². The quantitative estimate of drug-likeness (QED) is 0.840. The number of hydrogen-bond donors (Lipinski definition) is 1. The molecule has 1 N–H and O–H groups in total. The fourth-order valence-corrected chi connectivity index (χ4v) is 2.06. The molecule has 0 atom stereocenters. The summed E-state index contributed by atoms with van der Waals surface area (Å²) in [6.07, 6.45) is 0. The van der Waals surface area contributed by atoms with E-state index in [0.717, 1.165) is 11.8 Å². The Morgan fingerprint density at radius 1 is 1.17 bits per heavy atom. The van der Waals surface area contributed by atoms with Crippen LogP contribution in [0.2, 0.25) is 5.02 Å². The lowest BCUT2D eigenvalue weighted by atomic mass is 10.2. The Balaban J connectivity index is 1.89. The molecular weight excluding hydrogens is 335 g/mol. The molecule has 0 saturated heterocycles. The maximum atomic E-state index is 13.6. The predicted molar refractivity (Wildman–Crippen MR) is 91.1 cm³/mol. The molecule has 0 aliphatic carbocycles. The van der Waals surface area contributed by atoms with Gasteiger partial charge in [0.05, 0.1) is 5.56 Å². The second-order valence-electron chi connectivity index (χ2n) is 5.19. The lowest BCUT2D eigenvalue weighted by Crippen LogP contribution is -2.21. The summed E-state index contributed by atoms with van der Waals surface area (Å²) in [6, 6.07) is 10.7. The van der Waals surface area contributed by atoms with Crippen LogP contribution in [0.1, 0.15) is 10.4 Å². The zero-order valence-electron chi connectivity index (χ0n) is 13.2. The van der Waals surface area contributed by atoms with E-state index in [0.29, 0.717) is 5.69 Å². The third kappa shape index (κ3) is 4.70. The second-order valence-corrected chi connectivity index (χ2v) is 5.63. The van der Waals surface area contributed by atoms with Crippen LogP contribution in [0, 0.1) is 5.82 Å². The predicted octanol–water partition coefficient (Wildman–Crippen LogP) is 3.34. The maximum Gasteiger partial charge on any atom is 0.341 e. The van der Waals surface area contributed by atoms with Gasteiger partial charge in [-0.1, -0.05) is 11.6 Å². The number of carbonyl (C=O) groups is 2. The molecule has 0 radical (unpaired) electrons. The molecule has 2 aromatic rings. The Labute approximate surface area is 144 Å². The average Bonchev–Trinajstić information content (AvgIpc) is 2.53. The molecule has 7 heteroatoms. The summed E-state index contributed by atoms with van der Waals surface area (Å²) >= 11 is 5.61. The van der Waals surface area contributed by atoms with Gasteiger partial charge in [-0.2, -0.15) is 0 Å². The number of halogens is 2. The molecule has 0 bridgehead atoms. The molecule has 0 spiro atoms. The number of anilines is 2. The fraction of sp³-hybridized carbons (Fsp3) is 0.176. The standard InChI is InChI=1S/C17H16ClFN2O3/c1-21(2)13-6-4-12(5-7-13)20-16(22)10-24-17(23)14-8-3-11(18)9-15(14)19/h3-9H,10H2,1-2H3,(H,20,22). The summed E-state index contributed by atoms with van der Waals surface area (Å²) in [6.45, 7) is -0.518. The minimum absolute atomic E-state index is 0.169. The SMILES string of the molecule is CN(C)c1ccc(NC(=O)COC(=O)c2ccc(Cl)cc2F)cc1. The van der Waals surface area contributed by atoms with Crippen molar-refractivity contribution in [1.82, 2.24) is 0 Å². The molecule has 1 amide bonds. The van der Waals surface area contributed by atoms with E-state index in [9.17, 15) is 14.0 Å². The van der Waals surface area contributed by atoms with E-state index >= 15 is 0 Å². The normalized spacial score (nSPS) is 10.2. The molecule has 0 aliphatic rings. The Morgan fingerprint density at radius 2 is 1.83 bits per heavy atom. The maximum absolute atomic E-state index is 13.6. The zero-order valence-corrected chi connectivity index (χ0v) is 13.9. The van der Waals surface area contributed by atoms with Crippen LogP contribution in [0.3, 0.4) is 0 Å². The van der Waals surface area contributed by atoms with Gasteiger partial charge in [0, 0.05) is 30.5 Å². The van der Waals surface area contributed by atoms with E-state index in [1.165, 1.54) is 12.1 Å². The number of nitrogens with one attached hydrogen (secondary N) is 1. The van der Waals surface area contributed by atoms with Gasteiger partial charge in [0.1, 0.15) is 5.82 Å². The van der Waals surface area contributed by atoms with Gasteiger partial charge in [-0.3, -0.25) is 4.79 Å². The third-order valence-corrected chi connectivity index (χ3v) is 3.39. The van der Waals surface area contributed by atoms with E-state index < -0.39 is 24.3 Å². The van der Waals surface area contributed by atoms with Gasteiger partial charge in [-0.15, -0.1) is 0 Å². The molecule has 0 fully saturated rings. The minimum Gasteiger partial charge on any atom is -0.452 e. The highest BCUT2D eigenvalue weighted by molar-refractivity contribution is 6.30. The van der Waals surface area contributed by atoms with Crippen molar-refractivity contribution in [2.75, 3.05) is 30.9 Å². The average molecular weight is 351 g/mol. The number of esters is 1. The van der Waals surface area contributed by atoms with Crippen molar-refractivity contribution in [3.05, 3.63) is 58.9 Å². The molecule has 24 heavy (non-hydrogen) atoms. The van der Waals surface area contributed by atoms with Crippen LogP contribution >= 0.6 is 11.6 Å². The second kappa shape index (κ2) is 7.79. The largest absolute Gasteiger partial charge is 0.452 e. The van der Waals surface area contributed by atoms with E-state index in [1.807, 2.05) is 31.1 Å². The van der Waals surface area contributed by atoms with Crippen molar-refractivity contribution in [3.8, 4) is 0 Å². The van der Waals surface area contributed by atoms with Crippen molar-refractivity contribution in [2.24, 2.45) is 0 Å². The van der Waals surface area contributed by atoms with E-state index in [4.69, 9.17) is 16.3 Å². The fourth-order valence-electron chi connectivity index (χ4n) is 1.90. The summed E-state index contributed by atoms with van der Waals surface area (Å²) in [4.78, 5) is 25.5. The van der Waals surface area contributed by atoms with Crippen LogP contribution in [-0.2, 0) is 9.53 Å². The van der Waals surface area contributed by atoms with E-state index in [2.05, 4.69) is 5.32 Å². The highest BCUT2D eigenvalue weighted by atomic mass is 35.5. The molecule has 0 aliphatic heterocycles. The first-order valence-corrected chi connectivity index (χ1v) is 7.44. The Kier molecular flexibility index (Phi) is 5.76. The molecule has 0 aromatic heterocycles. The van der Waals surface area contributed by atoms with Crippen LogP contribution in [0.25, 0.3) is 0 Å². The molecule has 0 saturated carbocycles. The summed E-state index contributed by atoms with van der Waals surface area (Å²) in [5.41, 5.74) is 1.28. The van der Waals surface area contributed by atoms with Gasteiger partial charge >= 0.3 is 5.97 Å². The van der Waals surface area contributed by atoms with Crippen molar-refractivity contribution < 1.29 is 18.7 Å². The summed E-state index contributed by atoms with van der Waals surface area (Å²) in [7, 11) is 3.81. The van der Waals surface area contributed by atoms with Gasteiger partial charge < -0.3 is 15.0 Å². The number of carbonyl (C=O) groups excluding carboxylic acids is 2. The lowest BCUT2D eigenvalue weighted by molar-refractivity contribution is -0.119. The number of benzene rings is 2. The molecular formula is C17H16ClFN2O3. The van der Waals surface area contributed by atoms with Gasteiger partial charge in [0.15, 0.2) is 6.61 Å². The molecule has 126 valence electrons. The lowest BCUT2D eigenvalue weighted by Gasteiger charge is -2.13. The highest BCUT2D eigenvalue weighted by Crippen LogP contribution is 2.17. The highest BCUT2D eigenvalue weighted by Gasteiger charge is 2.15. The first kappa shape index (κ1) is 17.7. The summed E-state index contributed by atoms with van der Waals surface area (Å²) in [5, 5.41) is 2.76. The van der Waals surface area contributed by atoms with Gasteiger partial charge in [0.25, 0.3) is 5.91 Å². The third-order valence-electron chi connectivity index (χ3n) is 3.15. The Morgan fingerprint density at radius 3 is 2.42 bits per heavy atom. The summed E-state index contributed by atoms with van der Waals surface area (Å²) < 4.78 is 18.4. The van der Waals surface area contributed by atoms with E-state index in [-0.39, 0.29) is 10.6 Å². The zero-order chi connectivity index (χ0) is 17.7. The monoisotopic (exact) mass is 350 g/mol. The van der Waals surface area contributed by atoms with Crippen LogP contribution in [0.4, 0.5) is 15.8 Å². The Bertz CT molecular complexity index is 748. The van der Waals surface area contributed by atoms with Crippen LogP contribution in [0.15, 0.2) is 42.5 Å². The smallest absolute Gasteiger partial charge is 0.341 e. The van der Waals surface area contributed by atoms with Gasteiger partial charge in [-0.25, -0.2) is 9.18 Å². The van der Waals surface area contributed by atoms with Crippen molar-refractivity contribution >= 4 is 34.9 Å². The molecule has 0 unspecified atom stereocenters. The first-order chi connectivity index (χ1) is 11.4. The van der Waals surface area contributed by atoms with E-state index in [1.54, 1.807) is 12.1 Å². The summed E-state index contributed by atoms with van der Waals surface area (Å²) in [5.74, 6) is -2.25. The minimum atomic E-state index is -0.928. The molecule has 5 nitrogen and oxygen atoms in total. The Hall–Kier alpha value is -2.60. The number of ether oxygens (including phenoxy) is 1. The van der Waals surface area contributed by atoms with Crippen molar-refractivity contribution in [2.45, 2.75) is 0 Å². The topological polar surface area (TPSA) is 58.6 Å². The first-order valence-electron chi connectivity index (χ1n) is 7.06. The van der Waals surface area contributed by atoms with Crippen molar-refractivity contribution in [1.29, 1.82) is 0 Å². The van der Waals surface area contributed by atoms with Crippen LogP contribution in [-0.4, -0.2) is 32.6 Å².